The van der Waals surface area contributed by atoms with Crippen molar-refractivity contribution in [3.8, 4) is 0 Å². The van der Waals surface area contributed by atoms with Crippen LogP contribution in [0.2, 0.25) is 0 Å². The fraction of sp³-hybridized carbons (Fsp3) is 0.967. The molecule has 34 heavy (non-hydrogen) atoms. The first-order valence-corrected chi connectivity index (χ1v) is 15.2. The summed E-state index contributed by atoms with van der Waals surface area (Å²) < 4.78 is 5.91. The van der Waals surface area contributed by atoms with Crippen LogP contribution >= 0.6 is 0 Å². The number of hydrogen-bond donors (Lipinski definition) is 1. The van der Waals surface area contributed by atoms with Crippen LogP contribution in [0, 0.1) is 0 Å². The summed E-state index contributed by atoms with van der Waals surface area (Å²) in [7, 11) is 0. The average molecular weight is 484 g/mol. The number of unbranched alkanes of at least 4 members (excludes halogenated alkanes) is 14. The maximum atomic E-state index is 12.4. The van der Waals surface area contributed by atoms with Gasteiger partial charge in [0.1, 0.15) is 6.10 Å². The van der Waals surface area contributed by atoms with Crippen molar-refractivity contribution in [3.63, 3.8) is 0 Å². The van der Waals surface area contributed by atoms with E-state index in [1.54, 1.807) is 0 Å². The smallest absolute Gasteiger partial charge is 0.306 e. The van der Waals surface area contributed by atoms with Crippen molar-refractivity contribution in [2.45, 2.75) is 162 Å². The lowest BCUT2D eigenvalue weighted by Gasteiger charge is -2.21. The van der Waals surface area contributed by atoms with Crippen molar-refractivity contribution in [1.29, 1.82) is 0 Å². The predicted molar refractivity (Wildman–Crippen MR) is 147 cm³/mol. The molecule has 0 spiro atoms. The number of carbonyl (C=O) groups excluding carboxylic acids is 1. The molecule has 0 saturated heterocycles. The molecule has 0 fully saturated rings. The zero-order valence-electron chi connectivity index (χ0n) is 23.5. The quantitative estimate of drug-likeness (QED) is 0.0940. The van der Waals surface area contributed by atoms with E-state index in [0.29, 0.717) is 6.42 Å². The highest BCUT2D eigenvalue weighted by molar-refractivity contribution is 5.69. The zero-order chi connectivity index (χ0) is 25.1. The van der Waals surface area contributed by atoms with Gasteiger partial charge in [-0.05, 0) is 58.0 Å². The molecule has 0 aromatic rings. The third kappa shape index (κ3) is 23.1. The van der Waals surface area contributed by atoms with Crippen LogP contribution in [0.3, 0.4) is 0 Å². The minimum atomic E-state index is 0.0234. The molecule has 0 aliphatic carbocycles. The van der Waals surface area contributed by atoms with Gasteiger partial charge in [0.05, 0.1) is 6.61 Å². The lowest BCUT2D eigenvalue weighted by molar-refractivity contribution is -0.150. The summed E-state index contributed by atoms with van der Waals surface area (Å²) in [5.74, 6) is 0.0234. The second-order valence-electron chi connectivity index (χ2n) is 10.3. The summed E-state index contributed by atoms with van der Waals surface area (Å²) in [6, 6.07) is 0. The molecule has 1 unspecified atom stereocenters. The zero-order valence-corrected chi connectivity index (χ0v) is 23.5. The number of carbonyl (C=O) groups is 1. The molecule has 1 N–H and O–H groups in total. The van der Waals surface area contributed by atoms with E-state index >= 15 is 0 Å². The summed E-state index contributed by atoms with van der Waals surface area (Å²) in [5.41, 5.74) is 0. The number of aliphatic hydroxyl groups excluding tert-OH is 1. The molecule has 0 radical (unpaired) electrons. The first-order valence-electron chi connectivity index (χ1n) is 15.2. The van der Waals surface area contributed by atoms with Gasteiger partial charge in [0.2, 0.25) is 0 Å². The molecule has 0 amide bonds. The van der Waals surface area contributed by atoms with Crippen molar-refractivity contribution in [2.75, 3.05) is 26.2 Å². The van der Waals surface area contributed by atoms with E-state index in [0.717, 1.165) is 45.3 Å². The van der Waals surface area contributed by atoms with Crippen LogP contribution in [0.1, 0.15) is 156 Å². The Bertz CT molecular complexity index is 416. The lowest BCUT2D eigenvalue weighted by Crippen LogP contribution is -2.29. The van der Waals surface area contributed by atoms with Crippen molar-refractivity contribution < 1.29 is 14.6 Å². The highest BCUT2D eigenvalue weighted by atomic mass is 16.5. The van der Waals surface area contributed by atoms with Gasteiger partial charge in [0.15, 0.2) is 0 Å². The summed E-state index contributed by atoms with van der Waals surface area (Å²) >= 11 is 0. The van der Waals surface area contributed by atoms with Gasteiger partial charge < -0.3 is 14.7 Å². The highest BCUT2D eigenvalue weighted by Gasteiger charge is 2.14. The molecule has 0 aromatic carbocycles. The molecule has 0 bridgehead atoms. The second-order valence-corrected chi connectivity index (χ2v) is 10.3. The Kier molecular flexibility index (Phi) is 26.5. The first-order chi connectivity index (χ1) is 16.7. The van der Waals surface area contributed by atoms with Crippen molar-refractivity contribution >= 4 is 5.97 Å². The average Bonchev–Trinajstić information content (AvgIpc) is 2.83. The normalized spacial score (nSPS) is 12.4. The molecule has 0 aliphatic rings. The summed E-state index contributed by atoms with van der Waals surface area (Å²) in [6.07, 6.45) is 24.9. The molecular formula is C30H61NO3. The number of hydrogen-bond acceptors (Lipinski definition) is 4. The van der Waals surface area contributed by atoms with Gasteiger partial charge >= 0.3 is 5.97 Å². The number of rotatable bonds is 27. The Balaban J connectivity index is 3.96. The standard InChI is InChI=1S/C30H61NO3/c1-4-7-10-14-18-23-29(22-17-11-8-5-2)34-30(33)24-19-15-13-16-21-26-31(27-28-32)25-20-12-9-6-3/h29,32H,4-28H2,1-3H3. The van der Waals surface area contributed by atoms with Crippen LogP contribution in [-0.2, 0) is 9.53 Å². The molecule has 0 aliphatic heterocycles. The lowest BCUT2D eigenvalue weighted by atomic mass is 10.0. The van der Waals surface area contributed by atoms with Crippen molar-refractivity contribution in [2.24, 2.45) is 0 Å². The van der Waals surface area contributed by atoms with Gasteiger partial charge in [-0.2, -0.15) is 0 Å². The second kappa shape index (κ2) is 27.0. The van der Waals surface area contributed by atoms with E-state index < -0.39 is 0 Å². The van der Waals surface area contributed by atoms with Crippen LogP contribution in [0.15, 0.2) is 0 Å². The highest BCUT2D eigenvalue weighted by Crippen LogP contribution is 2.17. The maximum Gasteiger partial charge on any atom is 0.306 e. The third-order valence-electron chi connectivity index (χ3n) is 6.91. The number of aliphatic hydroxyl groups is 1. The van der Waals surface area contributed by atoms with Gasteiger partial charge in [0.25, 0.3) is 0 Å². The van der Waals surface area contributed by atoms with E-state index in [2.05, 4.69) is 25.7 Å². The molecular weight excluding hydrogens is 422 g/mol. The Hall–Kier alpha value is -0.610. The third-order valence-corrected chi connectivity index (χ3v) is 6.91. The monoisotopic (exact) mass is 483 g/mol. The topological polar surface area (TPSA) is 49.8 Å². The molecule has 0 rings (SSSR count). The number of nitrogens with zero attached hydrogens (tertiary/aromatic N) is 1. The van der Waals surface area contributed by atoms with Crippen molar-refractivity contribution in [3.05, 3.63) is 0 Å². The van der Waals surface area contributed by atoms with E-state index in [1.807, 2.05) is 0 Å². The molecule has 4 nitrogen and oxygen atoms in total. The van der Waals surface area contributed by atoms with E-state index in [-0.39, 0.29) is 18.7 Å². The molecule has 0 saturated carbocycles. The molecule has 4 heteroatoms. The Morgan fingerprint density at radius 1 is 0.618 bits per heavy atom. The number of esters is 1. The Morgan fingerprint density at radius 3 is 1.62 bits per heavy atom. The summed E-state index contributed by atoms with van der Waals surface area (Å²) in [4.78, 5) is 14.8. The Morgan fingerprint density at radius 2 is 1.06 bits per heavy atom. The van der Waals surface area contributed by atoms with Crippen LogP contribution in [-0.4, -0.2) is 48.3 Å². The molecule has 204 valence electrons. The van der Waals surface area contributed by atoms with Gasteiger partial charge in [-0.3, -0.25) is 4.79 Å². The van der Waals surface area contributed by atoms with Gasteiger partial charge in [-0.25, -0.2) is 0 Å². The summed E-state index contributed by atoms with van der Waals surface area (Å²) in [5, 5.41) is 9.29. The maximum absolute atomic E-state index is 12.4. The van der Waals surface area contributed by atoms with E-state index in [9.17, 15) is 9.90 Å². The molecule has 0 aromatic heterocycles. The Labute approximate surface area is 213 Å². The predicted octanol–water partition coefficient (Wildman–Crippen LogP) is 8.44. The fourth-order valence-corrected chi connectivity index (χ4v) is 4.66. The number of ether oxygens (including phenoxy) is 1. The van der Waals surface area contributed by atoms with Gasteiger partial charge in [0, 0.05) is 13.0 Å². The van der Waals surface area contributed by atoms with E-state index in [4.69, 9.17) is 4.74 Å². The largest absolute Gasteiger partial charge is 0.462 e. The minimum Gasteiger partial charge on any atom is -0.462 e. The van der Waals surface area contributed by atoms with Crippen LogP contribution in [0.5, 0.6) is 0 Å². The fourth-order valence-electron chi connectivity index (χ4n) is 4.66. The van der Waals surface area contributed by atoms with Crippen molar-refractivity contribution in [1.82, 2.24) is 4.90 Å². The van der Waals surface area contributed by atoms with Crippen LogP contribution < -0.4 is 0 Å². The summed E-state index contributed by atoms with van der Waals surface area (Å²) in [6.45, 7) is 10.0. The molecule has 1 atom stereocenters. The minimum absolute atomic E-state index is 0.0234. The van der Waals surface area contributed by atoms with Crippen LogP contribution in [0.4, 0.5) is 0 Å². The SMILES string of the molecule is CCCCCCCC(CCCCCC)OC(=O)CCCCCCCN(CCO)CCCCCC. The first kappa shape index (κ1) is 33.4. The van der Waals surface area contributed by atoms with Crippen LogP contribution in [0.25, 0.3) is 0 Å². The molecule has 0 heterocycles. The van der Waals surface area contributed by atoms with E-state index in [1.165, 1.54) is 103 Å². The van der Waals surface area contributed by atoms with Gasteiger partial charge in [-0.15, -0.1) is 0 Å². The van der Waals surface area contributed by atoms with Gasteiger partial charge in [-0.1, -0.05) is 104 Å².